The van der Waals surface area contributed by atoms with Gasteiger partial charge in [0.25, 0.3) is 0 Å². The first kappa shape index (κ1) is 22.2. The summed E-state index contributed by atoms with van der Waals surface area (Å²) in [5.74, 6) is 1.77. The zero-order valence-electron chi connectivity index (χ0n) is 17.7. The number of carbonyl (C=O) groups is 2. The molecule has 0 aromatic heterocycles. The van der Waals surface area contributed by atoms with Gasteiger partial charge in [0, 0.05) is 0 Å². The molecule has 152 valence electrons. The number of ether oxygens (including phenoxy) is 2. The maximum Gasteiger partial charge on any atom is 0.309 e. The second-order valence-electron chi connectivity index (χ2n) is 8.33. The van der Waals surface area contributed by atoms with E-state index in [9.17, 15) is 9.59 Å². The molecule has 4 heteroatoms. The Balaban J connectivity index is 1.94. The number of rotatable bonds is 6. The summed E-state index contributed by atoms with van der Waals surface area (Å²) < 4.78 is 10.5. The summed E-state index contributed by atoms with van der Waals surface area (Å²) in [4.78, 5) is 24.3. The van der Waals surface area contributed by atoms with Crippen LogP contribution in [0.1, 0.15) is 48.0 Å². The topological polar surface area (TPSA) is 52.6 Å². The molecule has 2 saturated carbocycles. The lowest BCUT2D eigenvalue weighted by Gasteiger charge is -2.44. The molecular formula is C23H36O4. The maximum absolute atomic E-state index is 12.2. The van der Waals surface area contributed by atoms with Crippen LogP contribution in [0, 0.1) is 73.0 Å². The molecule has 8 unspecified atom stereocenters. The van der Waals surface area contributed by atoms with Crippen molar-refractivity contribution < 1.29 is 19.1 Å². The third-order valence-electron chi connectivity index (χ3n) is 6.94. The summed E-state index contributed by atoms with van der Waals surface area (Å²) in [5, 5.41) is 0. The van der Waals surface area contributed by atoms with Gasteiger partial charge in [-0.3, -0.25) is 9.59 Å². The molecule has 2 rings (SSSR count). The van der Waals surface area contributed by atoms with Crippen molar-refractivity contribution in [1.82, 2.24) is 0 Å². The van der Waals surface area contributed by atoms with Crippen LogP contribution in [-0.2, 0) is 19.1 Å². The smallest absolute Gasteiger partial charge is 0.309 e. The largest absolute Gasteiger partial charge is 0.466 e. The normalized spacial score (nSPS) is 39.6. The van der Waals surface area contributed by atoms with Gasteiger partial charge in [0.1, 0.15) is 0 Å². The van der Waals surface area contributed by atoms with Crippen LogP contribution in [0.15, 0.2) is 0 Å². The standard InChI is InChI=1S/C23H36O4/c1-7-26-22(24)20-11-9-18(14(3)16(20)5)13-19-10-12-21(17(6)15(19)4)23(25)27-8-2/h9-12,14-21H,7-8,13H2,1-6H3. The second-order valence-corrected chi connectivity index (χ2v) is 8.33. The Bertz CT molecular complexity index is 459. The van der Waals surface area contributed by atoms with Gasteiger partial charge in [0.05, 0.1) is 25.0 Å². The minimum atomic E-state index is -0.136. The molecule has 4 nitrogen and oxygen atoms in total. The van der Waals surface area contributed by atoms with Gasteiger partial charge in [-0.05, 0) is 81.5 Å². The van der Waals surface area contributed by atoms with Crippen LogP contribution in [0.4, 0.5) is 0 Å². The van der Waals surface area contributed by atoms with Crippen molar-refractivity contribution in [2.75, 3.05) is 13.2 Å². The molecule has 0 N–H and O–H groups in total. The summed E-state index contributed by atoms with van der Waals surface area (Å²) in [5.41, 5.74) is 0. The van der Waals surface area contributed by atoms with Crippen molar-refractivity contribution in [3.63, 3.8) is 0 Å². The monoisotopic (exact) mass is 376 g/mol. The lowest BCUT2D eigenvalue weighted by atomic mass is 9.61. The summed E-state index contributed by atoms with van der Waals surface area (Å²) in [6.45, 7) is 13.4. The van der Waals surface area contributed by atoms with E-state index in [-0.39, 0.29) is 35.6 Å². The average Bonchev–Trinajstić information content (AvgIpc) is 2.63. The van der Waals surface area contributed by atoms with Crippen LogP contribution in [0.3, 0.4) is 0 Å². The Labute approximate surface area is 165 Å². The van der Waals surface area contributed by atoms with Gasteiger partial charge in [-0.15, -0.1) is 0 Å². The first-order chi connectivity index (χ1) is 12.8. The Kier molecular flexibility index (Phi) is 8.18. The van der Waals surface area contributed by atoms with Gasteiger partial charge in [-0.1, -0.05) is 27.7 Å². The lowest BCUT2D eigenvalue weighted by Crippen LogP contribution is -2.41. The summed E-state index contributed by atoms with van der Waals surface area (Å²) in [6, 6.07) is 0. The molecule has 2 fully saturated rings. The highest BCUT2D eigenvalue weighted by Crippen LogP contribution is 2.46. The summed E-state index contributed by atoms with van der Waals surface area (Å²) in [7, 11) is 0. The van der Waals surface area contributed by atoms with Crippen LogP contribution in [-0.4, -0.2) is 25.2 Å². The van der Waals surface area contributed by atoms with E-state index in [0.717, 1.165) is 6.42 Å². The van der Waals surface area contributed by atoms with Gasteiger partial charge in [-0.25, -0.2) is 0 Å². The van der Waals surface area contributed by atoms with Crippen LogP contribution < -0.4 is 0 Å². The third kappa shape index (κ3) is 5.06. The van der Waals surface area contributed by atoms with Crippen molar-refractivity contribution in [2.45, 2.75) is 48.0 Å². The van der Waals surface area contributed by atoms with Crippen molar-refractivity contribution in [3.8, 4) is 0 Å². The first-order valence-electron chi connectivity index (χ1n) is 10.5. The number of hydrogen-bond donors (Lipinski definition) is 0. The number of carbonyl (C=O) groups excluding carboxylic acids is 2. The van der Waals surface area contributed by atoms with Crippen LogP contribution in [0.25, 0.3) is 0 Å². The molecule has 2 aliphatic carbocycles. The van der Waals surface area contributed by atoms with E-state index in [0.29, 0.717) is 36.9 Å². The van der Waals surface area contributed by atoms with E-state index >= 15 is 0 Å². The second kappa shape index (κ2) is 9.93. The molecule has 0 saturated heterocycles. The Morgan fingerprint density at radius 1 is 0.667 bits per heavy atom. The van der Waals surface area contributed by atoms with E-state index in [4.69, 9.17) is 9.47 Å². The molecular weight excluding hydrogens is 340 g/mol. The van der Waals surface area contributed by atoms with Crippen molar-refractivity contribution in [1.29, 1.82) is 0 Å². The molecule has 8 atom stereocenters. The SMILES string of the molecule is CCOC(=O)C1[CH][CH]C(CC2[CH][CH]C(C(=O)OCC)C(C)C2C)C(C)C1C. The quantitative estimate of drug-likeness (QED) is 0.647. The molecule has 0 aromatic rings. The molecule has 27 heavy (non-hydrogen) atoms. The van der Waals surface area contributed by atoms with E-state index in [2.05, 4.69) is 53.4 Å². The highest BCUT2D eigenvalue weighted by atomic mass is 16.5. The first-order valence-corrected chi connectivity index (χ1v) is 10.5. The fourth-order valence-electron chi connectivity index (χ4n) is 4.62. The van der Waals surface area contributed by atoms with Gasteiger partial charge in [-0.2, -0.15) is 0 Å². The van der Waals surface area contributed by atoms with Gasteiger partial charge in [0.2, 0.25) is 0 Å². The van der Waals surface area contributed by atoms with Crippen LogP contribution in [0.5, 0.6) is 0 Å². The van der Waals surface area contributed by atoms with E-state index < -0.39 is 0 Å². The fourth-order valence-corrected chi connectivity index (χ4v) is 4.62. The lowest BCUT2D eigenvalue weighted by molar-refractivity contribution is -0.150. The van der Waals surface area contributed by atoms with Crippen molar-refractivity contribution in [2.24, 2.45) is 47.3 Å². The minimum Gasteiger partial charge on any atom is -0.466 e. The van der Waals surface area contributed by atoms with E-state index in [1.54, 1.807) is 0 Å². The highest BCUT2D eigenvalue weighted by Gasteiger charge is 2.43. The molecule has 0 aliphatic heterocycles. The summed E-state index contributed by atoms with van der Waals surface area (Å²) in [6.07, 6.45) is 9.59. The Morgan fingerprint density at radius 3 is 1.37 bits per heavy atom. The molecule has 4 radical (unpaired) electrons. The zero-order valence-corrected chi connectivity index (χ0v) is 17.7. The van der Waals surface area contributed by atoms with E-state index in [1.807, 2.05) is 13.8 Å². The van der Waals surface area contributed by atoms with Gasteiger partial charge in [0.15, 0.2) is 0 Å². The Morgan fingerprint density at radius 2 is 1.04 bits per heavy atom. The Hall–Kier alpha value is -1.06. The van der Waals surface area contributed by atoms with Gasteiger partial charge >= 0.3 is 11.9 Å². The van der Waals surface area contributed by atoms with Crippen LogP contribution in [0.2, 0.25) is 0 Å². The predicted molar refractivity (Wildman–Crippen MR) is 106 cm³/mol. The molecule has 0 spiro atoms. The molecule has 0 aromatic carbocycles. The minimum absolute atomic E-state index is 0.108. The number of esters is 2. The third-order valence-corrected chi connectivity index (χ3v) is 6.94. The molecule has 0 bridgehead atoms. The van der Waals surface area contributed by atoms with Crippen LogP contribution >= 0.6 is 0 Å². The number of hydrogen-bond acceptors (Lipinski definition) is 4. The van der Waals surface area contributed by atoms with Crippen molar-refractivity contribution >= 4 is 11.9 Å². The molecule has 0 heterocycles. The predicted octanol–water partition coefficient (Wildman–Crippen LogP) is 4.36. The maximum atomic E-state index is 12.2. The highest BCUT2D eigenvalue weighted by molar-refractivity contribution is 5.75. The molecule has 0 amide bonds. The molecule has 2 aliphatic rings. The van der Waals surface area contributed by atoms with E-state index in [1.165, 1.54) is 0 Å². The average molecular weight is 377 g/mol. The summed E-state index contributed by atoms with van der Waals surface area (Å²) >= 11 is 0. The zero-order chi connectivity index (χ0) is 20.1. The van der Waals surface area contributed by atoms with Crippen molar-refractivity contribution in [3.05, 3.63) is 25.7 Å². The fraction of sp³-hybridized carbons (Fsp3) is 0.739. The van der Waals surface area contributed by atoms with Gasteiger partial charge < -0.3 is 9.47 Å².